The molecule has 3 fully saturated rings. The molecule has 3 aliphatic heterocycles. The molecule has 41 heavy (non-hydrogen) atoms. The first-order valence-electron chi connectivity index (χ1n) is 15.3. The molecule has 3 heterocycles. The van der Waals surface area contributed by atoms with Crippen LogP contribution in [0.1, 0.15) is 52.9 Å². The third-order valence-electron chi connectivity index (χ3n) is 9.91. The highest BCUT2D eigenvalue weighted by atomic mass is 32.2. The first-order valence-corrected chi connectivity index (χ1v) is 16.5. The summed E-state index contributed by atoms with van der Waals surface area (Å²) in [5.74, 6) is -1.11. The summed E-state index contributed by atoms with van der Waals surface area (Å²) in [6.45, 7) is 8.62. The van der Waals surface area contributed by atoms with Crippen LogP contribution in [0.15, 0.2) is 41.3 Å². The Balaban J connectivity index is 1.41. The second-order valence-electron chi connectivity index (χ2n) is 12.5. The van der Waals surface area contributed by atoms with E-state index >= 15 is 0 Å². The van der Waals surface area contributed by atoms with Gasteiger partial charge in [-0.3, -0.25) is 14.4 Å². The average molecular weight is 583 g/mol. The van der Waals surface area contributed by atoms with Gasteiger partial charge in [-0.1, -0.05) is 58.3 Å². The molecule has 1 aromatic carbocycles. The van der Waals surface area contributed by atoms with Gasteiger partial charge in [0.2, 0.25) is 17.7 Å². The van der Waals surface area contributed by atoms with Crippen LogP contribution in [0.3, 0.4) is 0 Å². The first-order chi connectivity index (χ1) is 19.7. The number of fused-ring (bicyclic) bond motifs is 1. The van der Waals surface area contributed by atoms with Crippen LogP contribution >= 0.6 is 11.8 Å². The fourth-order valence-corrected chi connectivity index (χ4v) is 7.76. The van der Waals surface area contributed by atoms with Gasteiger partial charge >= 0.3 is 0 Å². The minimum atomic E-state index is -1.14. The third-order valence-corrected chi connectivity index (χ3v) is 10.6. The largest absolute Gasteiger partial charge is 0.359 e. The number of nitrogens with zero attached hydrogens (tertiary/aromatic N) is 2. The Morgan fingerprint density at radius 1 is 1.20 bits per heavy atom. The number of likely N-dealkylation sites (N-methyl/N-ethyl adjacent to an activating group) is 1. The van der Waals surface area contributed by atoms with Crippen molar-refractivity contribution in [3.63, 3.8) is 0 Å². The second kappa shape index (κ2) is 12.5. The number of carbonyl (C=O) groups excluding carboxylic acids is 3. The van der Waals surface area contributed by atoms with Crippen molar-refractivity contribution in [2.45, 2.75) is 81.6 Å². The summed E-state index contributed by atoms with van der Waals surface area (Å²) in [7, 11) is 2.05. The van der Waals surface area contributed by atoms with E-state index in [-0.39, 0.29) is 23.8 Å². The van der Waals surface area contributed by atoms with Crippen molar-refractivity contribution < 1.29 is 19.1 Å². The van der Waals surface area contributed by atoms with Crippen molar-refractivity contribution in [3.05, 3.63) is 36.4 Å². The number of anilines is 1. The van der Waals surface area contributed by atoms with Gasteiger partial charge in [-0.2, -0.15) is 0 Å². The number of ether oxygens (including phenoxy) is 1. The van der Waals surface area contributed by atoms with Gasteiger partial charge in [-0.15, -0.1) is 11.8 Å². The van der Waals surface area contributed by atoms with Crippen LogP contribution in [-0.2, 0) is 19.1 Å². The van der Waals surface area contributed by atoms with Gasteiger partial charge in [0.1, 0.15) is 11.6 Å². The molecule has 1 aromatic rings. The van der Waals surface area contributed by atoms with E-state index in [1.54, 1.807) is 16.7 Å². The number of nitrogens with one attached hydrogen (secondary N) is 2. The zero-order valence-electron chi connectivity index (χ0n) is 25.1. The number of hydrogen-bond acceptors (Lipinski definition) is 6. The molecule has 5 rings (SSSR count). The number of amides is 3. The molecule has 0 unspecified atom stereocenters. The van der Waals surface area contributed by atoms with Crippen molar-refractivity contribution in [2.75, 3.05) is 38.3 Å². The van der Waals surface area contributed by atoms with E-state index in [9.17, 15) is 14.4 Å². The highest BCUT2D eigenvalue weighted by Crippen LogP contribution is 2.55. The minimum Gasteiger partial charge on any atom is -0.359 e. The number of rotatable bonds is 11. The molecule has 1 spiro atoms. The van der Waals surface area contributed by atoms with Gasteiger partial charge in [0, 0.05) is 29.7 Å². The summed E-state index contributed by atoms with van der Waals surface area (Å²) in [5, 5.41) is 6.37. The Labute approximate surface area is 249 Å². The zero-order chi connectivity index (χ0) is 29.3. The van der Waals surface area contributed by atoms with Gasteiger partial charge in [-0.25, -0.2) is 0 Å². The number of hydrogen-bond donors (Lipinski definition) is 2. The SMILES string of the molecule is CCCCN(C)CCN1C(=O)[C@H]2[C@H](C(=O)Nc3cccc(SC)c3)[C@H]3C=C[C@@]2(O3)[C@@H]1C(=O)N[C@@H]1CCC[C@H](C)[C@@H]1C. The quantitative estimate of drug-likeness (QED) is 0.301. The highest BCUT2D eigenvalue weighted by molar-refractivity contribution is 7.98. The number of benzene rings is 1. The molecule has 0 radical (unpaired) electrons. The maximum atomic E-state index is 14.2. The van der Waals surface area contributed by atoms with E-state index in [2.05, 4.69) is 43.4 Å². The van der Waals surface area contributed by atoms with Crippen molar-refractivity contribution in [1.82, 2.24) is 15.1 Å². The minimum absolute atomic E-state index is 0.0660. The monoisotopic (exact) mass is 582 g/mol. The normalized spacial score (nSPS) is 33.9. The number of unbranched alkanes of at least 4 members (excludes halogenated alkanes) is 1. The molecule has 2 bridgehead atoms. The summed E-state index contributed by atoms with van der Waals surface area (Å²) in [6, 6.07) is 6.95. The van der Waals surface area contributed by atoms with E-state index in [4.69, 9.17) is 4.74 Å². The highest BCUT2D eigenvalue weighted by Gasteiger charge is 2.72. The van der Waals surface area contributed by atoms with Gasteiger partial charge in [-0.05, 0) is 62.7 Å². The Hall–Kier alpha value is -2.36. The molecule has 9 heteroatoms. The Morgan fingerprint density at radius 2 is 2.00 bits per heavy atom. The van der Waals surface area contributed by atoms with Gasteiger partial charge in [0.25, 0.3) is 0 Å². The van der Waals surface area contributed by atoms with E-state index in [0.29, 0.717) is 30.6 Å². The second-order valence-corrected chi connectivity index (χ2v) is 13.4. The molecule has 3 amide bonds. The van der Waals surface area contributed by atoms with Crippen LogP contribution < -0.4 is 10.6 Å². The van der Waals surface area contributed by atoms with Crippen molar-refractivity contribution >= 4 is 35.2 Å². The molecule has 224 valence electrons. The molecular weight excluding hydrogens is 536 g/mol. The average Bonchev–Trinajstić information content (AvgIpc) is 3.60. The fourth-order valence-electron chi connectivity index (χ4n) is 7.30. The summed E-state index contributed by atoms with van der Waals surface area (Å²) in [5.41, 5.74) is -0.447. The Morgan fingerprint density at radius 3 is 2.76 bits per heavy atom. The molecule has 2 N–H and O–H groups in total. The lowest BCUT2D eigenvalue weighted by Crippen LogP contribution is -2.58. The summed E-state index contributed by atoms with van der Waals surface area (Å²) < 4.78 is 6.53. The molecular formula is C32H46N4O4S. The number of carbonyl (C=O) groups is 3. The maximum absolute atomic E-state index is 14.2. The molecule has 2 saturated heterocycles. The van der Waals surface area contributed by atoms with Crippen LogP contribution in [0.5, 0.6) is 0 Å². The third kappa shape index (κ3) is 5.69. The van der Waals surface area contributed by atoms with E-state index in [1.165, 1.54) is 6.42 Å². The molecule has 8 nitrogen and oxygen atoms in total. The van der Waals surface area contributed by atoms with Crippen LogP contribution in [0.25, 0.3) is 0 Å². The van der Waals surface area contributed by atoms with Crippen LogP contribution in [0, 0.1) is 23.7 Å². The Bertz CT molecular complexity index is 1180. The molecule has 0 aromatic heterocycles. The summed E-state index contributed by atoms with van der Waals surface area (Å²) in [4.78, 5) is 47.1. The molecule has 1 saturated carbocycles. The van der Waals surface area contributed by atoms with Gasteiger partial charge in [0.15, 0.2) is 0 Å². The van der Waals surface area contributed by atoms with Crippen molar-refractivity contribution in [2.24, 2.45) is 23.7 Å². The van der Waals surface area contributed by atoms with Crippen molar-refractivity contribution in [1.29, 1.82) is 0 Å². The van der Waals surface area contributed by atoms with Gasteiger partial charge < -0.3 is 25.2 Å². The van der Waals surface area contributed by atoms with Crippen LogP contribution in [-0.4, -0.2) is 84.2 Å². The van der Waals surface area contributed by atoms with Crippen LogP contribution in [0.4, 0.5) is 5.69 Å². The fraction of sp³-hybridized carbons (Fsp3) is 0.656. The zero-order valence-corrected chi connectivity index (χ0v) is 25.9. The maximum Gasteiger partial charge on any atom is 0.246 e. The summed E-state index contributed by atoms with van der Waals surface area (Å²) >= 11 is 1.60. The molecule has 4 aliphatic rings. The van der Waals surface area contributed by atoms with E-state index in [0.717, 1.165) is 37.1 Å². The van der Waals surface area contributed by atoms with Gasteiger partial charge in [0.05, 0.1) is 17.9 Å². The van der Waals surface area contributed by atoms with E-state index < -0.39 is 29.6 Å². The van der Waals surface area contributed by atoms with E-state index in [1.807, 2.05) is 42.7 Å². The standard InChI is InChI=1S/C32H46N4O4S/c1-6-7-16-35(4)17-18-36-28(30(38)34-24-13-8-10-20(2)21(24)3)32-15-14-25(40-32)26(27(32)31(36)39)29(37)33-22-11-9-12-23(19-22)41-5/h9,11-12,14-15,19-21,24-28H,6-8,10,13,16-18H2,1-5H3,(H,33,37)(H,34,38)/t20-,21-,24+,25+,26+,27+,28-,32-/m0/s1. The Kier molecular flexibility index (Phi) is 9.16. The van der Waals surface area contributed by atoms with Crippen LogP contribution in [0.2, 0.25) is 0 Å². The lowest BCUT2D eigenvalue weighted by Gasteiger charge is -2.38. The lowest BCUT2D eigenvalue weighted by molar-refractivity contribution is -0.141. The molecule has 1 aliphatic carbocycles. The smallest absolute Gasteiger partial charge is 0.246 e. The molecule has 8 atom stereocenters. The summed E-state index contributed by atoms with van der Waals surface area (Å²) in [6.07, 6.45) is 10.6. The lowest BCUT2D eigenvalue weighted by atomic mass is 9.73. The van der Waals surface area contributed by atoms with Crippen molar-refractivity contribution in [3.8, 4) is 0 Å². The predicted molar refractivity (Wildman–Crippen MR) is 163 cm³/mol. The first kappa shape index (κ1) is 30.1. The number of likely N-dealkylation sites (tertiary alicyclic amines) is 1. The number of thioether (sulfide) groups is 1. The predicted octanol–water partition coefficient (Wildman–Crippen LogP) is 4.17. The topological polar surface area (TPSA) is 91.0 Å².